The van der Waals surface area contributed by atoms with Gasteiger partial charge in [-0.3, -0.25) is 9.59 Å². The number of ether oxygens (including phenoxy) is 1. The third-order valence-corrected chi connectivity index (χ3v) is 5.96. The van der Waals surface area contributed by atoms with E-state index in [1.165, 1.54) is 29.7 Å². The van der Waals surface area contributed by atoms with Gasteiger partial charge in [-0.05, 0) is 51.3 Å². The second kappa shape index (κ2) is 9.22. The van der Waals surface area contributed by atoms with Crippen LogP contribution in [0.5, 0.6) is 0 Å². The Balaban J connectivity index is 1.50. The van der Waals surface area contributed by atoms with Gasteiger partial charge in [0, 0.05) is 18.9 Å². The lowest BCUT2D eigenvalue weighted by Gasteiger charge is -2.22. The molecule has 3 atom stereocenters. The molecule has 1 saturated carbocycles. The number of aromatic nitrogens is 1. The number of aliphatic hydroxyl groups is 1. The van der Waals surface area contributed by atoms with Crippen molar-refractivity contribution < 1.29 is 23.8 Å². The summed E-state index contributed by atoms with van der Waals surface area (Å²) in [6.07, 6.45) is 2.22. The molecule has 0 bridgehead atoms. The van der Waals surface area contributed by atoms with Gasteiger partial charge in [0.15, 0.2) is 0 Å². The molecular weight excluding hydrogens is 407 g/mol. The van der Waals surface area contributed by atoms with Gasteiger partial charge in [-0.25, -0.2) is 9.37 Å². The molecule has 30 heavy (non-hydrogen) atoms. The molecule has 162 valence electrons. The van der Waals surface area contributed by atoms with Crippen molar-refractivity contribution in [3.8, 4) is 0 Å². The van der Waals surface area contributed by atoms with Crippen LogP contribution in [0.2, 0.25) is 0 Å². The van der Waals surface area contributed by atoms with E-state index in [4.69, 9.17) is 4.74 Å². The minimum absolute atomic E-state index is 0.196. The minimum Gasteiger partial charge on any atom is -0.460 e. The largest absolute Gasteiger partial charge is 0.460 e. The average molecular weight is 435 g/mol. The molecule has 1 amide bonds. The van der Waals surface area contributed by atoms with E-state index in [0.29, 0.717) is 24.1 Å². The lowest BCUT2D eigenvalue weighted by atomic mass is 10.0. The third kappa shape index (κ3) is 6.09. The van der Waals surface area contributed by atoms with Crippen molar-refractivity contribution in [2.45, 2.75) is 51.7 Å². The first-order valence-corrected chi connectivity index (χ1v) is 10.8. The summed E-state index contributed by atoms with van der Waals surface area (Å²) >= 11 is 1.28. The fourth-order valence-electron chi connectivity index (χ4n) is 3.48. The first kappa shape index (κ1) is 22.4. The Morgan fingerprint density at radius 1 is 1.27 bits per heavy atom. The quantitative estimate of drug-likeness (QED) is 0.681. The van der Waals surface area contributed by atoms with Gasteiger partial charge >= 0.3 is 5.97 Å². The summed E-state index contributed by atoms with van der Waals surface area (Å²) < 4.78 is 18.4. The summed E-state index contributed by atoms with van der Waals surface area (Å²) in [7, 11) is 0. The number of nitrogens with one attached hydrogen (secondary N) is 1. The van der Waals surface area contributed by atoms with E-state index in [9.17, 15) is 19.1 Å². The molecule has 0 radical (unpaired) electrons. The number of aliphatic hydroxyl groups excluding tert-OH is 1. The molecule has 0 saturated heterocycles. The van der Waals surface area contributed by atoms with Gasteiger partial charge in [-0.2, -0.15) is 0 Å². The number of amides is 1. The Labute approximate surface area is 179 Å². The molecule has 1 fully saturated rings. The summed E-state index contributed by atoms with van der Waals surface area (Å²) in [6.45, 7) is 5.72. The summed E-state index contributed by atoms with van der Waals surface area (Å²) in [6, 6.07) is 6.18. The zero-order chi connectivity index (χ0) is 21.9. The van der Waals surface area contributed by atoms with Crippen molar-refractivity contribution in [2.75, 3.05) is 6.54 Å². The van der Waals surface area contributed by atoms with Gasteiger partial charge in [-0.15, -0.1) is 11.3 Å². The van der Waals surface area contributed by atoms with E-state index in [1.54, 1.807) is 12.1 Å². The molecule has 1 aromatic carbocycles. The van der Waals surface area contributed by atoms with Crippen molar-refractivity contribution in [2.24, 2.45) is 11.8 Å². The molecular formula is C22H27FN2O4S. The van der Waals surface area contributed by atoms with E-state index >= 15 is 0 Å². The van der Waals surface area contributed by atoms with Crippen LogP contribution >= 0.6 is 11.3 Å². The van der Waals surface area contributed by atoms with Gasteiger partial charge in [0.2, 0.25) is 0 Å². The molecule has 2 N–H and O–H groups in total. The van der Waals surface area contributed by atoms with Crippen LogP contribution in [0.15, 0.2) is 30.5 Å². The van der Waals surface area contributed by atoms with Crippen molar-refractivity contribution >= 4 is 23.2 Å². The summed E-state index contributed by atoms with van der Waals surface area (Å²) in [5.74, 6) is -1.40. The Hall–Kier alpha value is -2.32. The second-order valence-electron chi connectivity index (χ2n) is 8.66. The minimum atomic E-state index is -0.654. The Kier molecular flexibility index (Phi) is 6.88. The first-order chi connectivity index (χ1) is 14.1. The average Bonchev–Trinajstić information content (AvgIpc) is 3.27. The number of halogens is 1. The maximum Gasteiger partial charge on any atom is 0.309 e. The topological polar surface area (TPSA) is 88.5 Å². The molecule has 1 heterocycles. The molecule has 1 aliphatic carbocycles. The van der Waals surface area contributed by atoms with Crippen LogP contribution in [0.3, 0.4) is 0 Å². The number of hydrogen-bond acceptors (Lipinski definition) is 6. The van der Waals surface area contributed by atoms with Crippen LogP contribution in [0.4, 0.5) is 4.39 Å². The fourth-order valence-corrected chi connectivity index (χ4v) is 4.35. The number of benzene rings is 1. The summed E-state index contributed by atoms with van der Waals surface area (Å²) in [5.41, 5.74) is 0.353. The van der Waals surface area contributed by atoms with Gasteiger partial charge in [0.1, 0.15) is 16.3 Å². The van der Waals surface area contributed by atoms with Crippen LogP contribution in [-0.2, 0) is 16.0 Å². The SMILES string of the molecule is CC(C)(C)OC(=O)[C@H]1C[C@@H](CNC(=O)c2cnc(Cc3ccc(F)cc3)s2)[C@H](O)C1. The van der Waals surface area contributed by atoms with Crippen LogP contribution in [-0.4, -0.2) is 40.2 Å². The van der Waals surface area contributed by atoms with Crippen LogP contribution in [0.25, 0.3) is 0 Å². The molecule has 0 aliphatic heterocycles. The maximum absolute atomic E-state index is 13.0. The highest BCUT2D eigenvalue weighted by Gasteiger charge is 2.39. The summed E-state index contributed by atoms with van der Waals surface area (Å²) in [5, 5.41) is 13.9. The second-order valence-corrected chi connectivity index (χ2v) is 9.78. The predicted molar refractivity (Wildman–Crippen MR) is 112 cm³/mol. The zero-order valence-corrected chi connectivity index (χ0v) is 18.2. The van der Waals surface area contributed by atoms with E-state index in [2.05, 4.69) is 10.3 Å². The molecule has 2 aromatic rings. The van der Waals surface area contributed by atoms with E-state index < -0.39 is 11.7 Å². The number of carbonyl (C=O) groups excluding carboxylic acids is 2. The number of rotatable bonds is 6. The van der Waals surface area contributed by atoms with Gasteiger partial charge in [0.25, 0.3) is 5.91 Å². The number of carbonyl (C=O) groups is 2. The maximum atomic E-state index is 13.0. The zero-order valence-electron chi connectivity index (χ0n) is 17.4. The smallest absolute Gasteiger partial charge is 0.309 e. The highest BCUT2D eigenvalue weighted by molar-refractivity contribution is 7.13. The molecule has 3 rings (SSSR count). The predicted octanol–water partition coefficient (Wildman–Crippen LogP) is 3.33. The molecule has 1 aromatic heterocycles. The van der Waals surface area contributed by atoms with Crippen molar-refractivity contribution in [1.29, 1.82) is 0 Å². The standard InChI is InChI=1S/C22H27FN2O4S/c1-22(2,3)29-21(28)14-9-15(17(26)10-14)11-25-20(27)18-12-24-19(30-18)8-13-4-6-16(23)7-5-13/h4-7,12,14-15,17,26H,8-11H2,1-3H3,(H,25,27)/t14-,15-,17+/m0/s1. The summed E-state index contributed by atoms with van der Waals surface area (Å²) in [4.78, 5) is 29.4. The Bertz CT molecular complexity index is 891. The first-order valence-electron chi connectivity index (χ1n) is 9.99. The highest BCUT2D eigenvalue weighted by atomic mass is 32.1. The fraction of sp³-hybridized carbons (Fsp3) is 0.500. The third-order valence-electron chi connectivity index (χ3n) is 4.97. The number of hydrogen-bond donors (Lipinski definition) is 2. The van der Waals surface area contributed by atoms with Crippen molar-refractivity contribution in [3.63, 3.8) is 0 Å². The molecule has 8 heteroatoms. The van der Waals surface area contributed by atoms with Crippen LogP contribution < -0.4 is 5.32 Å². The van der Waals surface area contributed by atoms with Crippen LogP contribution in [0.1, 0.15) is 53.9 Å². The highest BCUT2D eigenvalue weighted by Crippen LogP contribution is 2.33. The van der Waals surface area contributed by atoms with E-state index in [1.807, 2.05) is 20.8 Å². The number of thiazole rings is 1. The lowest BCUT2D eigenvalue weighted by molar-refractivity contribution is -0.160. The van der Waals surface area contributed by atoms with E-state index in [-0.39, 0.29) is 36.1 Å². The van der Waals surface area contributed by atoms with Gasteiger partial charge < -0.3 is 15.2 Å². The monoisotopic (exact) mass is 434 g/mol. The van der Waals surface area contributed by atoms with E-state index in [0.717, 1.165) is 10.6 Å². The Morgan fingerprint density at radius 2 is 1.97 bits per heavy atom. The number of nitrogens with zero attached hydrogens (tertiary/aromatic N) is 1. The van der Waals surface area contributed by atoms with Crippen molar-refractivity contribution in [1.82, 2.24) is 10.3 Å². The van der Waals surface area contributed by atoms with Crippen molar-refractivity contribution in [3.05, 3.63) is 51.7 Å². The van der Waals surface area contributed by atoms with Crippen LogP contribution in [0, 0.1) is 17.7 Å². The lowest BCUT2D eigenvalue weighted by Crippen LogP contribution is -2.32. The van der Waals surface area contributed by atoms with Gasteiger partial charge in [0.05, 0.1) is 23.2 Å². The molecule has 6 nitrogen and oxygen atoms in total. The number of esters is 1. The molecule has 0 spiro atoms. The normalized spacial score (nSPS) is 21.4. The van der Waals surface area contributed by atoms with Gasteiger partial charge in [-0.1, -0.05) is 12.1 Å². The molecule has 0 unspecified atom stereocenters. The Morgan fingerprint density at radius 3 is 2.63 bits per heavy atom. The molecule has 1 aliphatic rings.